The zero-order valence-corrected chi connectivity index (χ0v) is 29.2. The first kappa shape index (κ1) is 37.0. The first-order chi connectivity index (χ1) is 23.9. The number of nitrogens with zero attached hydrogens (tertiary/aromatic N) is 3. The summed E-state index contributed by atoms with van der Waals surface area (Å²) in [7, 11) is 0. The van der Waals surface area contributed by atoms with Gasteiger partial charge in [-0.3, -0.25) is 4.79 Å². The van der Waals surface area contributed by atoms with Crippen molar-refractivity contribution in [2.75, 3.05) is 26.4 Å². The van der Waals surface area contributed by atoms with Gasteiger partial charge in [-0.2, -0.15) is 0 Å². The Balaban J connectivity index is 1.71. The molecule has 0 bridgehead atoms. The quantitative estimate of drug-likeness (QED) is 0.0654. The highest BCUT2D eigenvalue weighted by Crippen LogP contribution is 2.35. The third-order valence-electron chi connectivity index (χ3n) is 7.73. The smallest absolute Gasteiger partial charge is 0.174 e. The summed E-state index contributed by atoms with van der Waals surface area (Å²) in [6, 6.07) is 15.1. The molecule has 0 amide bonds. The molecule has 262 valence electrons. The number of aromatic nitrogens is 3. The maximum atomic E-state index is 13.9. The molecule has 1 aromatic heterocycles. The van der Waals surface area contributed by atoms with Crippen LogP contribution in [0, 0.1) is 0 Å². The zero-order chi connectivity index (χ0) is 35.0. The first-order valence-electron chi connectivity index (χ1n) is 17.5. The van der Waals surface area contributed by atoms with Crippen LogP contribution in [0.15, 0.2) is 54.6 Å². The molecule has 2 N–H and O–H groups in total. The van der Waals surface area contributed by atoms with Crippen LogP contribution < -0.4 is 18.9 Å². The topological polar surface area (TPSA) is 133 Å². The van der Waals surface area contributed by atoms with Crippen LogP contribution in [0.25, 0.3) is 22.8 Å². The summed E-state index contributed by atoms with van der Waals surface area (Å²) in [6.07, 6.45) is 7.30. The third-order valence-corrected chi connectivity index (χ3v) is 7.73. The number of carbonyl (C=O) groups is 1. The van der Waals surface area contributed by atoms with E-state index in [0.717, 1.165) is 51.4 Å². The fourth-order valence-corrected chi connectivity index (χ4v) is 4.83. The van der Waals surface area contributed by atoms with E-state index in [-0.39, 0.29) is 41.2 Å². The number of ketones is 1. The van der Waals surface area contributed by atoms with Crippen molar-refractivity contribution in [2.24, 2.45) is 0 Å². The van der Waals surface area contributed by atoms with Crippen LogP contribution in [0.5, 0.6) is 34.5 Å². The van der Waals surface area contributed by atoms with Crippen LogP contribution in [0.1, 0.15) is 95.2 Å². The first-order valence-corrected chi connectivity index (χ1v) is 17.5. The molecule has 0 unspecified atom stereocenters. The van der Waals surface area contributed by atoms with Crippen LogP contribution in [0.4, 0.5) is 0 Å². The normalized spacial score (nSPS) is 10.9. The van der Waals surface area contributed by atoms with Crippen molar-refractivity contribution in [1.29, 1.82) is 0 Å². The molecule has 0 aliphatic heterocycles. The maximum absolute atomic E-state index is 13.9. The molecular formula is C39H49N3O7. The molecule has 0 atom stereocenters. The van der Waals surface area contributed by atoms with E-state index >= 15 is 0 Å². The van der Waals surface area contributed by atoms with Crippen molar-refractivity contribution in [1.82, 2.24) is 15.0 Å². The van der Waals surface area contributed by atoms with Gasteiger partial charge in [0.1, 0.15) is 40.3 Å². The maximum Gasteiger partial charge on any atom is 0.174 e. The number of hydrogen-bond acceptors (Lipinski definition) is 10. The summed E-state index contributed by atoms with van der Waals surface area (Å²) in [4.78, 5) is 27.7. The minimum atomic E-state index is -0.262. The second kappa shape index (κ2) is 19.2. The number of benzene rings is 3. The lowest BCUT2D eigenvalue weighted by atomic mass is 10.1. The number of carbonyl (C=O) groups excluding carboxylic acids is 1. The Bertz CT molecular complexity index is 1580. The van der Waals surface area contributed by atoms with Gasteiger partial charge in [0.25, 0.3) is 0 Å². The lowest BCUT2D eigenvalue weighted by Gasteiger charge is -2.14. The van der Waals surface area contributed by atoms with Crippen molar-refractivity contribution in [2.45, 2.75) is 85.5 Å². The number of Topliss-reactive ketones (excluding diaryl/α,β-unsaturated/α-hetero) is 1. The number of phenols is 2. The van der Waals surface area contributed by atoms with E-state index in [0.29, 0.717) is 66.1 Å². The number of ether oxygens (including phenoxy) is 4. The minimum absolute atomic E-state index is 0.0856. The van der Waals surface area contributed by atoms with Gasteiger partial charge in [0, 0.05) is 18.2 Å². The molecule has 0 aliphatic carbocycles. The summed E-state index contributed by atoms with van der Waals surface area (Å²) < 4.78 is 23.4. The summed E-state index contributed by atoms with van der Waals surface area (Å²) in [5.41, 5.74) is 1.04. The van der Waals surface area contributed by atoms with Crippen molar-refractivity contribution >= 4 is 5.78 Å². The molecule has 3 aromatic carbocycles. The van der Waals surface area contributed by atoms with Crippen molar-refractivity contribution in [3.8, 4) is 57.3 Å². The highest BCUT2D eigenvalue weighted by atomic mass is 16.5. The summed E-state index contributed by atoms with van der Waals surface area (Å²) in [5.74, 6) is 2.14. The minimum Gasteiger partial charge on any atom is -0.507 e. The average molecular weight is 672 g/mol. The lowest BCUT2D eigenvalue weighted by molar-refractivity contribution is 0.0986. The number of hydrogen-bond donors (Lipinski definition) is 2. The highest BCUT2D eigenvalue weighted by Gasteiger charge is 2.21. The molecule has 10 nitrogen and oxygen atoms in total. The monoisotopic (exact) mass is 671 g/mol. The Morgan fingerprint density at radius 3 is 1.45 bits per heavy atom. The van der Waals surface area contributed by atoms with Crippen LogP contribution in [0.2, 0.25) is 0 Å². The Labute approximate surface area is 289 Å². The molecule has 4 aromatic rings. The van der Waals surface area contributed by atoms with Gasteiger partial charge in [0.05, 0.1) is 49.5 Å². The SMILES string of the molecule is CCCCOc1ccc(-c2nc(CC(=O)c3ccc(OCCCC)cc3OCCCC)nc(-c3ccc(OCCCC)cc3O)n2)c(O)c1. The van der Waals surface area contributed by atoms with Gasteiger partial charge < -0.3 is 29.2 Å². The Kier molecular flexibility index (Phi) is 14.5. The molecule has 0 radical (unpaired) electrons. The highest BCUT2D eigenvalue weighted by molar-refractivity contribution is 6.00. The third kappa shape index (κ3) is 10.8. The van der Waals surface area contributed by atoms with E-state index in [4.69, 9.17) is 18.9 Å². The van der Waals surface area contributed by atoms with Gasteiger partial charge in [-0.15, -0.1) is 0 Å². The number of rotatable bonds is 21. The Morgan fingerprint density at radius 2 is 1.00 bits per heavy atom. The van der Waals surface area contributed by atoms with Crippen LogP contribution in [0.3, 0.4) is 0 Å². The largest absolute Gasteiger partial charge is 0.507 e. The van der Waals surface area contributed by atoms with Crippen LogP contribution in [-0.4, -0.2) is 57.4 Å². The van der Waals surface area contributed by atoms with E-state index < -0.39 is 0 Å². The average Bonchev–Trinajstić information content (AvgIpc) is 3.09. The lowest BCUT2D eigenvalue weighted by Crippen LogP contribution is -2.12. The molecule has 0 spiro atoms. The van der Waals surface area contributed by atoms with Gasteiger partial charge >= 0.3 is 0 Å². The van der Waals surface area contributed by atoms with Gasteiger partial charge in [-0.1, -0.05) is 53.4 Å². The summed E-state index contributed by atoms with van der Waals surface area (Å²) in [6.45, 7) is 10.4. The van der Waals surface area contributed by atoms with Crippen molar-refractivity contribution in [3.63, 3.8) is 0 Å². The summed E-state index contributed by atoms with van der Waals surface area (Å²) >= 11 is 0. The van der Waals surface area contributed by atoms with E-state index in [2.05, 4.69) is 42.6 Å². The molecule has 0 aliphatic rings. The Hall–Kier alpha value is -4.86. The van der Waals surface area contributed by atoms with E-state index in [1.807, 2.05) is 0 Å². The van der Waals surface area contributed by atoms with E-state index in [9.17, 15) is 15.0 Å². The second-order valence-corrected chi connectivity index (χ2v) is 11.8. The molecular weight excluding hydrogens is 622 g/mol. The van der Waals surface area contributed by atoms with Crippen LogP contribution in [-0.2, 0) is 6.42 Å². The van der Waals surface area contributed by atoms with E-state index in [1.165, 1.54) is 12.1 Å². The molecule has 10 heteroatoms. The molecule has 49 heavy (non-hydrogen) atoms. The fourth-order valence-electron chi connectivity index (χ4n) is 4.83. The Morgan fingerprint density at radius 1 is 0.571 bits per heavy atom. The zero-order valence-electron chi connectivity index (χ0n) is 29.2. The number of aromatic hydroxyl groups is 2. The van der Waals surface area contributed by atoms with Crippen molar-refractivity contribution < 1.29 is 34.0 Å². The molecule has 0 fully saturated rings. The predicted molar refractivity (Wildman–Crippen MR) is 190 cm³/mol. The van der Waals surface area contributed by atoms with Gasteiger partial charge in [0.15, 0.2) is 17.4 Å². The second-order valence-electron chi connectivity index (χ2n) is 11.8. The number of phenolic OH excluding ortho intramolecular Hbond substituents is 2. The molecule has 0 saturated heterocycles. The fraction of sp³-hybridized carbons (Fsp3) is 0.436. The van der Waals surface area contributed by atoms with E-state index in [1.54, 1.807) is 42.5 Å². The molecule has 4 rings (SSSR count). The van der Waals surface area contributed by atoms with Crippen molar-refractivity contribution in [3.05, 3.63) is 66.0 Å². The van der Waals surface area contributed by atoms with Gasteiger partial charge in [-0.25, -0.2) is 15.0 Å². The molecule has 1 heterocycles. The molecule has 0 saturated carbocycles. The number of unbranched alkanes of at least 4 members (excludes halogenated alkanes) is 4. The standard InChI is InChI=1S/C39H49N3O7/c1-5-9-19-46-27-14-17-31(33(43)23-27)38-40-37(41-39(42-38)32-18-15-28(24-34(32)44)47-20-10-6-2)26-35(45)30-16-13-29(48-21-11-7-3)25-36(30)49-22-12-8-4/h13-18,23-25,43-44H,5-12,19-22,26H2,1-4H3. The van der Waals surface area contributed by atoms with Gasteiger partial charge in [-0.05, 0) is 62.1 Å². The van der Waals surface area contributed by atoms with Gasteiger partial charge in [0.2, 0.25) is 0 Å². The summed E-state index contributed by atoms with van der Waals surface area (Å²) in [5, 5.41) is 22.0. The predicted octanol–water partition coefficient (Wildman–Crippen LogP) is 8.76. The van der Waals surface area contributed by atoms with Crippen LogP contribution >= 0.6 is 0 Å².